The molecule has 0 aliphatic heterocycles. The summed E-state index contributed by atoms with van der Waals surface area (Å²) in [5.41, 5.74) is -0.557. The molecule has 0 saturated carbocycles. The third-order valence-electron chi connectivity index (χ3n) is 2.51. The molecule has 2 rings (SSSR count). The molecule has 5 nitrogen and oxygen atoms in total. The van der Waals surface area contributed by atoms with E-state index in [4.69, 9.17) is 0 Å². The average molecular weight is 322 g/mol. The maximum absolute atomic E-state index is 12.8. The molecule has 0 fully saturated rings. The molecule has 0 unspecified atom stereocenters. The Kier molecular flexibility index (Phi) is 4.95. The summed E-state index contributed by atoms with van der Waals surface area (Å²) in [5.74, 6) is -0.644. The van der Waals surface area contributed by atoms with Crippen molar-refractivity contribution in [2.45, 2.75) is 13.1 Å². The highest BCUT2D eigenvalue weighted by Gasteiger charge is 2.36. The summed E-state index contributed by atoms with van der Waals surface area (Å²) >= 11 is 0. The van der Waals surface area contributed by atoms with Gasteiger partial charge in [-0.25, -0.2) is 14.5 Å². The summed E-state index contributed by atoms with van der Waals surface area (Å²) in [6.45, 7) is 1.45. The van der Waals surface area contributed by atoms with E-state index < -0.39 is 17.8 Å². The lowest BCUT2D eigenvalue weighted by molar-refractivity contribution is -0.142. The summed E-state index contributed by atoms with van der Waals surface area (Å²) in [6.07, 6.45) is -3.40. The number of pyridine rings is 1. The topological polar surface area (TPSA) is 57.0 Å². The predicted molar refractivity (Wildman–Crippen MR) is 69.7 cm³/mol. The molecule has 114 valence electrons. The first kappa shape index (κ1) is 17.0. The lowest BCUT2D eigenvalue weighted by atomic mass is 10.3. The number of ether oxygens (including phenoxy) is 1. The van der Waals surface area contributed by atoms with Crippen molar-refractivity contribution in [1.82, 2.24) is 14.8 Å². The van der Waals surface area contributed by atoms with Crippen molar-refractivity contribution in [3.05, 3.63) is 41.3 Å². The molecule has 9 heteroatoms. The Morgan fingerprint density at radius 1 is 1.33 bits per heavy atom. The van der Waals surface area contributed by atoms with Crippen LogP contribution in [0.2, 0.25) is 0 Å². The normalized spacial score (nSPS) is 10.9. The lowest BCUT2D eigenvalue weighted by Gasteiger charge is -2.09. The Morgan fingerprint density at radius 2 is 2.00 bits per heavy atom. The highest BCUT2D eigenvalue weighted by molar-refractivity contribution is 5.88. The molecule has 0 amide bonds. The molecular formula is C12H11ClF3N3O2. The van der Waals surface area contributed by atoms with E-state index >= 15 is 0 Å². The molecule has 0 N–H and O–H groups in total. The Labute approximate surface area is 124 Å². The average Bonchev–Trinajstić information content (AvgIpc) is 2.80. The molecule has 0 radical (unpaired) electrons. The fourth-order valence-electron chi connectivity index (χ4n) is 1.63. The summed E-state index contributed by atoms with van der Waals surface area (Å²) in [5, 5.41) is 3.76. The molecule has 0 bridgehead atoms. The van der Waals surface area contributed by atoms with Crippen LogP contribution in [0, 0.1) is 6.92 Å². The number of hydrogen-bond donors (Lipinski definition) is 0. The maximum atomic E-state index is 12.8. The SMILES string of the molecule is COC(=O)c1ccc(-n2nc(C)cc2C(F)(F)F)nc1.Cl. The van der Waals surface area contributed by atoms with E-state index in [1.54, 1.807) is 0 Å². The number of alkyl halides is 3. The number of rotatable bonds is 2. The number of nitrogens with zero attached hydrogens (tertiary/aromatic N) is 3. The van der Waals surface area contributed by atoms with Gasteiger partial charge in [0, 0.05) is 6.20 Å². The maximum Gasteiger partial charge on any atom is 0.433 e. The molecule has 0 spiro atoms. The standard InChI is InChI=1S/C12H10F3N3O2.ClH/c1-7-5-9(12(13,14)15)18(17-7)10-4-3-8(6-16-10)11(19)20-2;/h3-6H,1-2H3;1H. The number of esters is 1. The van der Waals surface area contributed by atoms with Crippen molar-refractivity contribution in [2.75, 3.05) is 7.11 Å². The van der Waals surface area contributed by atoms with Crippen LogP contribution in [-0.4, -0.2) is 27.8 Å². The van der Waals surface area contributed by atoms with Crippen LogP contribution >= 0.6 is 12.4 Å². The van der Waals surface area contributed by atoms with Crippen LogP contribution in [0.4, 0.5) is 13.2 Å². The van der Waals surface area contributed by atoms with E-state index in [-0.39, 0.29) is 29.5 Å². The summed E-state index contributed by atoms with van der Waals surface area (Å²) in [4.78, 5) is 15.0. The Balaban J connectivity index is 0.00000220. The van der Waals surface area contributed by atoms with E-state index in [0.717, 1.165) is 12.3 Å². The number of carbonyl (C=O) groups is 1. The first-order chi connectivity index (χ1) is 9.32. The van der Waals surface area contributed by atoms with Crippen LogP contribution in [0.3, 0.4) is 0 Å². The highest BCUT2D eigenvalue weighted by Crippen LogP contribution is 2.31. The lowest BCUT2D eigenvalue weighted by Crippen LogP contribution is -2.14. The van der Waals surface area contributed by atoms with E-state index in [1.165, 1.54) is 26.2 Å². The second kappa shape index (κ2) is 6.13. The number of carbonyl (C=O) groups excluding carboxylic acids is 1. The minimum atomic E-state index is -4.54. The predicted octanol–water partition coefficient (Wildman–Crippen LogP) is 2.80. The molecule has 2 aromatic heterocycles. The van der Waals surface area contributed by atoms with Crippen molar-refractivity contribution >= 4 is 18.4 Å². The van der Waals surface area contributed by atoms with Crippen LogP contribution in [0.5, 0.6) is 0 Å². The summed E-state index contributed by atoms with van der Waals surface area (Å²) in [7, 11) is 1.20. The molecule has 21 heavy (non-hydrogen) atoms. The minimum absolute atomic E-state index is 0. The van der Waals surface area contributed by atoms with Gasteiger partial charge in [-0.3, -0.25) is 0 Å². The van der Waals surface area contributed by atoms with Gasteiger partial charge in [-0.15, -0.1) is 12.4 Å². The van der Waals surface area contributed by atoms with Crippen molar-refractivity contribution in [3.63, 3.8) is 0 Å². The highest BCUT2D eigenvalue weighted by atomic mass is 35.5. The molecule has 0 aliphatic rings. The molecule has 0 atom stereocenters. The van der Waals surface area contributed by atoms with Gasteiger partial charge in [0.05, 0.1) is 18.4 Å². The van der Waals surface area contributed by atoms with Gasteiger partial charge in [0.15, 0.2) is 5.82 Å². The van der Waals surface area contributed by atoms with Gasteiger partial charge in [0.1, 0.15) is 5.69 Å². The zero-order chi connectivity index (χ0) is 14.9. The van der Waals surface area contributed by atoms with Crippen molar-refractivity contribution < 1.29 is 22.7 Å². The molecule has 2 aromatic rings. The number of aryl methyl sites for hydroxylation is 1. The number of methoxy groups -OCH3 is 1. The van der Waals surface area contributed by atoms with E-state index in [9.17, 15) is 18.0 Å². The second-order valence-corrected chi connectivity index (χ2v) is 3.98. The van der Waals surface area contributed by atoms with Crippen LogP contribution < -0.4 is 0 Å². The fourth-order valence-corrected chi connectivity index (χ4v) is 1.63. The molecule has 2 heterocycles. The van der Waals surface area contributed by atoms with Gasteiger partial charge in [-0.1, -0.05) is 0 Å². The Morgan fingerprint density at radius 3 is 2.48 bits per heavy atom. The minimum Gasteiger partial charge on any atom is -0.465 e. The van der Waals surface area contributed by atoms with Gasteiger partial charge < -0.3 is 4.74 Å². The first-order valence-corrected chi connectivity index (χ1v) is 5.51. The van der Waals surface area contributed by atoms with Gasteiger partial charge in [-0.2, -0.15) is 18.3 Å². The smallest absolute Gasteiger partial charge is 0.433 e. The number of halogens is 4. The van der Waals surface area contributed by atoms with E-state index in [1.807, 2.05) is 0 Å². The van der Waals surface area contributed by atoms with Crippen LogP contribution in [0.25, 0.3) is 5.82 Å². The second-order valence-electron chi connectivity index (χ2n) is 3.98. The zero-order valence-corrected chi connectivity index (χ0v) is 11.8. The third kappa shape index (κ3) is 3.52. The largest absolute Gasteiger partial charge is 0.465 e. The molecular weight excluding hydrogens is 311 g/mol. The summed E-state index contributed by atoms with van der Waals surface area (Å²) < 4.78 is 43.7. The van der Waals surface area contributed by atoms with Gasteiger partial charge >= 0.3 is 12.1 Å². The van der Waals surface area contributed by atoms with Crippen molar-refractivity contribution in [1.29, 1.82) is 0 Å². The Bertz CT molecular complexity index is 638. The van der Waals surface area contributed by atoms with Crippen LogP contribution in [0.15, 0.2) is 24.4 Å². The Hall–Kier alpha value is -2.09. The quantitative estimate of drug-likeness (QED) is 0.798. The summed E-state index contributed by atoms with van der Waals surface area (Å²) in [6, 6.07) is 3.52. The van der Waals surface area contributed by atoms with Crippen molar-refractivity contribution in [3.8, 4) is 5.82 Å². The van der Waals surface area contributed by atoms with E-state index in [0.29, 0.717) is 4.68 Å². The van der Waals surface area contributed by atoms with E-state index in [2.05, 4.69) is 14.8 Å². The number of hydrogen-bond acceptors (Lipinski definition) is 4. The van der Waals surface area contributed by atoms with Gasteiger partial charge in [-0.05, 0) is 25.1 Å². The fraction of sp³-hybridized carbons (Fsp3) is 0.250. The van der Waals surface area contributed by atoms with Crippen LogP contribution in [-0.2, 0) is 10.9 Å². The first-order valence-electron chi connectivity index (χ1n) is 5.51. The van der Waals surface area contributed by atoms with Crippen molar-refractivity contribution in [2.24, 2.45) is 0 Å². The molecule has 0 aliphatic carbocycles. The molecule has 0 aromatic carbocycles. The third-order valence-corrected chi connectivity index (χ3v) is 2.51. The van der Waals surface area contributed by atoms with Gasteiger partial charge in [0.2, 0.25) is 0 Å². The zero-order valence-electron chi connectivity index (χ0n) is 11.0. The monoisotopic (exact) mass is 321 g/mol. The van der Waals surface area contributed by atoms with Gasteiger partial charge in [0.25, 0.3) is 0 Å². The van der Waals surface area contributed by atoms with Crippen LogP contribution in [0.1, 0.15) is 21.7 Å². The molecule has 0 saturated heterocycles. The number of aromatic nitrogens is 3.